The lowest BCUT2D eigenvalue weighted by molar-refractivity contribution is -0.138. The summed E-state index contributed by atoms with van der Waals surface area (Å²) < 4.78 is 47.9. The molecule has 46 heavy (non-hydrogen) atoms. The zero-order valence-electron chi connectivity index (χ0n) is 25.6. The normalized spacial score (nSPS) is 16.1. The number of hydrogen-bond acceptors (Lipinski definition) is 7. The number of aromatic nitrogens is 4. The fraction of sp³-hybridized carbons (Fsp3) is 0.424. The predicted molar refractivity (Wildman–Crippen MR) is 166 cm³/mol. The van der Waals surface area contributed by atoms with Gasteiger partial charge in [-0.25, -0.2) is 4.98 Å². The van der Waals surface area contributed by atoms with Gasteiger partial charge in [0.2, 0.25) is 5.95 Å². The molecule has 2 aliphatic rings. The van der Waals surface area contributed by atoms with Crippen LogP contribution in [0.15, 0.2) is 42.6 Å². The number of amides is 1. The van der Waals surface area contributed by atoms with Gasteiger partial charge in [-0.1, -0.05) is 25.0 Å². The highest BCUT2D eigenvalue weighted by molar-refractivity contribution is 6.04. The highest BCUT2D eigenvalue weighted by atomic mass is 19.4. The Morgan fingerprint density at radius 1 is 1.13 bits per heavy atom. The molecule has 0 unspecified atom stereocenters. The van der Waals surface area contributed by atoms with Crippen molar-refractivity contribution in [3.05, 3.63) is 65.0 Å². The van der Waals surface area contributed by atoms with Crippen LogP contribution in [0.1, 0.15) is 71.6 Å². The minimum Gasteiger partial charge on any atom is -0.481 e. The van der Waals surface area contributed by atoms with E-state index < -0.39 is 23.6 Å². The Labute approximate surface area is 263 Å². The van der Waals surface area contributed by atoms with E-state index in [0.717, 1.165) is 31.7 Å². The van der Waals surface area contributed by atoms with Gasteiger partial charge in [-0.05, 0) is 55.5 Å². The number of benzene rings is 1. The molecule has 1 amide bonds. The molecule has 0 radical (unpaired) electrons. The van der Waals surface area contributed by atoms with Crippen molar-refractivity contribution in [3.8, 4) is 11.3 Å². The van der Waals surface area contributed by atoms with Gasteiger partial charge in [0.25, 0.3) is 5.91 Å². The number of pyridine rings is 2. The Kier molecular flexibility index (Phi) is 8.45. The highest BCUT2D eigenvalue weighted by Gasteiger charge is 2.40. The second-order valence-electron chi connectivity index (χ2n) is 12.5. The molecule has 6 rings (SSSR count). The molecule has 0 spiro atoms. The van der Waals surface area contributed by atoms with Crippen LogP contribution in [-0.2, 0) is 22.1 Å². The van der Waals surface area contributed by atoms with Crippen LogP contribution in [0.5, 0.6) is 0 Å². The van der Waals surface area contributed by atoms with Gasteiger partial charge in [-0.2, -0.15) is 18.2 Å². The number of alkyl halides is 3. The molecule has 4 aromatic rings. The third-order valence-corrected chi connectivity index (χ3v) is 8.83. The van der Waals surface area contributed by atoms with Gasteiger partial charge in [0, 0.05) is 49.4 Å². The number of imidazole rings is 1. The molecule has 0 bridgehead atoms. The zero-order chi connectivity index (χ0) is 32.6. The summed E-state index contributed by atoms with van der Waals surface area (Å²) >= 11 is 0. The molecule has 1 aromatic carbocycles. The van der Waals surface area contributed by atoms with Crippen molar-refractivity contribution in [2.75, 3.05) is 37.5 Å². The first-order chi connectivity index (χ1) is 21.9. The van der Waals surface area contributed by atoms with E-state index in [0.29, 0.717) is 48.3 Å². The Hall–Kier alpha value is -4.52. The quantitative estimate of drug-likeness (QED) is 0.171. The number of aliphatic carboxylic acids is 1. The molecule has 13 heteroatoms. The second kappa shape index (κ2) is 12.3. The molecule has 3 heterocycles. The molecule has 2 fully saturated rings. The molecule has 0 saturated heterocycles. The van der Waals surface area contributed by atoms with Crippen molar-refractivity contribution in [1.29, 1.82) is 0 Å². The van der Waals surface area contributed by atoms with Crippen LogP contribution >= 0.6 is 0 Å². The average molecular weight is 637 g/mol. The van der Waals surface area contributed by atoms with Gasteiger partial charge < -0.3 is 19.7 Å². The Morgan fingerprint density at radius 3 is 2.48 bits per heavy atom. The summed E-state index contributed by atoms with van der Waals surface area (Å²) in [6.07, 6.45) is 2.24. The average Bonchev–Trinajstić information content (AvgIpc) is 3.62. The number of H-pyrrole nitrogens is 1. The Balaban J connectivity index is 1.38. The minimum atomic E-state index is -4.56. The third kappa shape index (κ3) is 6.69. The van der Waals surface area contributed by atoms with E-state index in [9.17, 15) is 22.8 Å². The summed E-state index contributed by atoms with van der Waals surface area (Å²) in [5.74, 6) is -1.52. The van der Waals surface area contributed by atoms with Gasteiger partial charge in [0.1, 0.15) is 5.52 Å². The third-order valence-electron chi connectivity index (χ3n) is 8.83. The number of nitrogens with one attached hydrogen (secondary N) is 2. The molecule has 3 N–H and O–H groups in total. The maximum absolute atomic E-state index is 14.1. The van der Waals surface area contributed by atoms with E-state index in [-0.39, 0.29) is 46.3 Å². The zero-order valence-corrected chi connectivity index (χ0v) is 25.6. The number of nitrogens with zero attached hydrogens (tertiary/aromatic N) is 4. The molecule has 2 saturated carbocycles. The van der Waals surface area contributed by atoms with Crippen LogP contribution in [0.25, 0.3) is 22.4 Å². The number of ether oxygens (including phenoxy) is 1. The molecular formula is C33H35F3N6O4. The minimum absolute atomic E-state index is 0.0678. The maximum Gasteiger partial charge on any atom is 0.418 e. The number of methoxy groups -OCH3 is 1. The van der Waals surface area contributed by atoms with Crippen LogP contribution in [0.4, 0.5) is 24.8 Å². The van der Waals surface area contributed by atoms with Crippen molar-refractivity contribution >= 4 is 34.7 Å². The molecule has 10 nitrogen and oxygen atoms in total. The number of carbonyl (C=O) groups excluding carboxylic acids is 1. The monoisotopic (exact) mass is 636 g/mol. The first-order valence-electron chi connectivity index (χ1n) is 15.3. The lowest BCUT2D eigenvalue weighted by Crippen LogP contribution is -2.37. The topological polar surface area (TPSA) is 133 Å². The van der Waals surface area contributed by atoms with Crippen molar-refractivity contribution in [3.63, 3.8) is 0 Å². The van der Waals surface area contributed by atoms with E-state index in [1.807, 2.05) is 11.9 Å². The molecular weight excluding hydrogens is 601 g/mol. The first kappa shape index (κ1) is 31.5. The van der Waals surface area contributed by atoms with E-state index in [4.69, 9.17) is 9.84 Å². The summed E-state index contributed by atoms with van der Waals surface area (Å²) in [4.78, 5) is 42.6. The molecule has 2 aliphatic carbocycles. The summed E-state index contributed by atoms with van der Waals surface area (Å²) in [5.41, 5.74) is 1.98. The number of carboxylic acids is 1. The number of hydrogen-bond donors (Lipinski definition) is 3. The van der Waals surface area contributed by atoms with Crippen LogP contribution in [0.2, 0.25) is 0 Å². The fourth-order valence-corrected chi connectivity index (χ4v) is 6.50. The molecule has 0 aliphatic heterocycles. The smallest absolute Gasteiger partial charge is 0.418 e. The van der Waals surface area contributed by atoms with Crippen molar-refractivity contribution < 1.29 is 32.6 Å². The number of fused-ring (bicyclic) bond motifs is 1. The summed E-state index contributed by atoms with van der Waals surface area (Å²) in [6, 6.07) is 9.04. The highest BCUT2D eigenvalue weighted by Crippen LogP contribution is 2.46. The lowest BCUT2D eigenvalue weighted by Gasteiger charge is -2.34. The fourth-order valence-electron chi connectivity index (χ4n) is 6.50. The van der Waals surface area contributed by atoms with Crippen LogP contribution in [-0.4, -0.2) is 64.2 Å². The van der Waals surface area contributed by atoms with Crippen LogP contribution < -0.4 is 10.2 Å². The Bertz CT molecular complexity index is 1760. The van der Waals surface area contributed by atoms with E-state index in [1.54, 1.807) is 25.3 Å². The number of aromatic amines is 1. The van der Waals surface area contributed by atoms with Crippen molar-refractivity contribution in [2.24, 2.45) is 5.41 Å². The van der Waals surface area contributed by atoms with Gasteiger partial charge in [-0.3, -0.25) is 19.9 Å². The molecule has 3 aromatic heterocycles. The Morgan fingerprint density at radius 2 is 1.85 bits per heavy atom. The first-order valence-corrected chi connectivity index (χ1v) is 15.3. The lowest BCUT2D eigenvalue weighted by atomic mass is 9.86. The van der Waals surface area contributed by atoms with Crippen LogP contribution in [0.3, 0.4) is 0 Å². The summed E-state index contributed by atoms with van der Waals surface area (Å²) in [6.45, 7) is 1.21. The van der Waals surface area contributed by atoms with Gasteiger partial charge in [-0.15, -0.1) is 0 Å². The largest absolute Gasteiger partial charge is 0.481 e. The van der Waals surface area contributed by atoms with Gasteiger partial charge in [0.05, 0.1) is 35.7 Å². The molecule has 0 atom stereocenters. The van der Waals surface area contributed by atoms with Crippen molar-refractivity contribution in [1.82, 2.24) is 19.9 Å². The van der Waals surface area contributed by atoms with Gasteiger partial charge in [0.15, 0.2) is 5.65 Å². The number of carbonyl (C=O) groups is 2. The van der Waals surface area contributed by atoms with Crippen molar-refractivity contribution in [2.45, 2.75) is 57.0 Å². The van der Waals surface area contributed by atoms with E-state index in [1.165, 1.54) is 18.3 Å². The van der Waals surface area contributed by atoms with E-state index >= 15 is 0 Å². The number of carboxylic acid groups (broad SMARTS) is 1. The van der Waals surface area contributed by atoms with Gasteiger partial charge >= 0.3 is 12.1 Å². The number of rotatable bonds is 11. The van der Waals surface area contributed by atoms with Crippen LogP contribution in [0, 0.1) is 5.41 Å². The maximum atomic E-state index is 14.1. The predicted octanol–water partition coefficient (Wildman–Crippen LogP) is 6.44. The summed E-state index contributed by atoms with van der Waals surface area (Å²) in [7, 11) is 3.60. The molecule has 242 valence electrons. The number of anilines is 2. The SMILES string of the molecule is COCC1(CN(C)c2cc(-c3cnc(C4CC4)c(C(F)(F)F)c3)nc3nc(NC(=O)c4ccc(CC(=O)O)cc4)[nH]c23)CCCC1. The number of halogens is 3. The van der Waals surface area contributed by atoms with E-state index in [2.05, 4.69) is 25.3 Å². The standard InChI is InChI=1S/C33H35F3N6O4/c1-42(17-32(18-46-2)11-3-4-12-32)25-15-24(22-14-23(33(34,35)36)27(37-16-22)20-9-10-20)38-29-28(25)39-31(40-29)41-30(45)21-7-5-19(6-8-21)13-26(43)44/h5-8,14-16,20H,3-4,9-13,17-18H2,1-2H3,(H,43,44)(H2,38,39,40,41,45). The second-order valence-corrected chi connectivity index (χ2v) is 12.5. The summed E-state index contributed by atoms with van der Waals surface area (Å²) in [5, 5.41) is 11.7.